The van der Waals surface area contributed by atoms with Crippen molar-refractivity contribution in [2.45, 2.75) is 63.1 Å². The number of para-hydroxylation sites is 1. The Balaban J connectivity index is 1.14. The maximum absolute atomic E-state index is 14.1. The molecule has 1 fully saturated rings. The Kier molecular flexibility index (Phi) is 11.4. The summed E-state index contributed by atoms with van der Waals surface area (Å²) in [7, 11) is 1.34. The van der Waals surface area contributed by atoms with Crippen molar-refractivity contribution >= 4 is 40.3 Å². The largest absolute Gasteiger partial charge is 0.467 e. The maximum Gasteiger partial charge on any atom is 0.331 e. The fourth-order valence-electron chi connectivity index (χ4n) is 7.05. The second-order valence-corrected chi connectivity index (χ2v) is 13.8. The Bertz CT molecular complexity index is 2070. The van der Waals surface area contributed by atoms with Crippen LogP contribution in [0.5, 0.6) is 0 Å². The number of amides is 1. The molecule has 3 atom stereocenters. The van der Waals surface area contributed by atoms with Gasteiger partial charge in [0.2, 0.25) is 11.8 Å². The molecule has 3 N–H and O–H groups in total. The highest BCUT2D eigenvalue weighted by Gasteiger charge is 2.44. The first kappa shape index (κ1) is 37.0. The van der Waals surface area contributed by atoms with Gasteiger partial charge in [-0.15, -0.1) is 0 Å². The number of nitrogens with one attached hydrogen (secondary N) is 1. The van der Waals surface area contributed by atoms with E-state index in [2.05, 4.69) is 10.2 Å². The van der Waals surface area contributed by atoms with Gasteiger partial charge in [0.05, 0.1) is 24.5 Å². The number of benzene rings is 4. The number of nitrogens with zero attached hydrogens (tertiary/aromatic N) is 2. The number of hydrogen-bond acceptors (Lipinski definition) is 8. The summed E-state index contributed by atoms with van der Waals surface area (Å²) in [4.78, 5) is 55.6. The molecule has 10 nitrogen and oxygen atoms in total. The van der Waals surface area contributed by atoms with Crippen LogP contribution in [0.15, 0.2) is 115 Å². The van der Waals surface area contributed by atoms with Crippen molar-refractivity contribution in [3.8, 4) is 0 Å². The van der Waals surface area contributed by atoms with E-state index in [1.165, 1.54) is 7.11 Å². The molecule has 1 aliphatic heterocycles. The highest BCUT2D eigenvalue weighted by atomic mass is 16.5. The van der Waals surface area contributed by atoms with Crippen LogP contribution in [0.3, 0.4) is 0 Å². The van der Waals surface area contributed by atoms with Gasteiger partial charge in [0.25, 0.3) is 0 Å². The molecule has 1 saturated heterocycles. The van der Waals surface area contributed by atoms with E-state index in [-0.39, 0.29) is 24.8 Å². The van der Waals surface area contributed by atoms with Gasteiger partial charge >= 0.3 is 11.9 Å². The molecule has 1 aliphatic rings. The number of rotatable bonds is 12. The lowest BCUT2D eigenvalue weighted by Gasteiger charge is -2.41. The van der Waals surface area contributed by atoms with Crippen LogP contribution in [0.25, 0.3) is 10.9 Å². The van der Waals surface area contributed by atoms with Crippen LogP contribution < -0.4 is 16.0 Å². The molecule has 0 aliphatic carbocycles. The Morgan fingerprint density at radius 3 is 2.15 bits per heavy atom. The minimum Gasteiger partial charge on any atom is -0.467 e. The lowest BCUT2D eigenvalue weighted by Crippen LogP contribution is -2.61. The summed E-state index contributed by atoms with van der Waals surface area (Å²) in [5, 5.41) is 3.89. The van der Waals surface area contributed by atoms with Crippen LogP contribution in [0.1, 0.15) is 65.6 Å². The fourth-order valence-corrected chi connectivity index (χ4v) is 7.05. The van der Waals surface area contributed by atoms with Crippen LogP contribution in [-0.2, 0) is 36.9 Å². The quantitative estimate of drug-likeness (QED) is 0.148. The Morgan fingerprint density at radius 2 is 1.45 bits per heavy atom. The number of carbonyl (C=O) groups is 4. The molecule has 274 valence electrons. The molecule has 0 spiro atoms. The minimum atomic E-state index is -1.14. The number of ether oxygens (including phenoxy) is 2. The number of anilines is 1. The predicted molar refractivity (Wildman–Crippen MR) is 205 cm³/mol. The zero-order valence-corrected chi connectivity index (χ0v) is 30.4. The predicted octanol–water partition coefficient (Wildman–Crippen LogP) is 6.13. The summed E-state index contributed by atoms with van der Waals surface area (Å²) in [5.74, 6) is -2.24. The van der Waals surface area contributed by atoms with E-state index in [0.29, 0.717) is 25.9 Å². The average Bonchev–Trinajstić information content (AvgIpc) is 3.57. The van der Waals surface area contributed by atoms with Gasteiger partial charge in [0.1, 0.15) is 18.2 Å². The monoisotopic (exact) mass is 714 g/mol. The summed E-state index contributed by atoms with van der Waals surface area (Å²) in [6, 6.07) is 33.5. The SMILES string of the molecule is COC(=O)C1(NC(=O)C(C)c2ccccc2)CCN(c2cccc(C(C)C(=O)n3cc(CC(N)C(=O)OCc4ccccc4)c4ccccc43)c2)CC1. The normalized spacial score (nSPS) is 15.6. The first-order valence-corrected chi connectivity index (χ1v) is 18.0. The van der Waals surface area contributed by atoms with Crippen molar-refractivity contribution in [3.05, 3.63) is 138 Å². The summed E-state index contributed by atoms with van der Waals surface area (Å²) in [6.07, 6.45) is 2.73. The minimum absolute atomic E-state index is 0.122. The lowest BCUT2D eigenvalue weighted by molar-refractivity contribution is -0.152. The Labute approximate surface area is 309 Å². The van der Waals surface area contributed by atoms with Crippen molar-refractivity contribution in [3.63, 3.8) is 0 Å². The van der Waals surface area contributed by atoms with E-state index in [1.807, 2.05) is 123 Å². The molecule has 1 amide bonds. The number of hydrogen-bond donors (Lipinski definition) is 2. The van der Waals surface area contributed by atoms with Gasteiger partial charge in [-0.05, 0) is 67.1 Å². The third-order valence-corrected chi connectivity index (χ3v) is 10.4. The van der Waals surface area contributed by atoms with Crippen molar-refractivity contribution in [1.29, 1.82) is 0 Å². The van der Waals surface area contributed by atoms with E-state index in [9.17, 15) is 19.2 Å². The second kappa shape index (κ2) is 16.3. The van der Waals surface area contributed by atoms with Crippen LogP contribution in [0.4, 0.5) is 5.69 Å². The second-order valence-electron chi connectivity index (χ2n) is 13.8. The van der Waals surface area contributed by atoms with Crippen molar-refractivity contribution in [2.75, 3.05) is 25.1 Å². The molecule has 4 aromatic carbocycles. The van der Waals surface area contributed by atoms with E-state index in [4.69, 9.17) is 15.2 Å². The van der Waals surface area contributed by atoms with Gasteiger partial charge in [-0.1, -0.05) is 91.0 Å². The molecule has 6 rings (SSSR count). The third kappa shape index (κ3) is 8.18. The molecule has 2 heterocycles. The van der Waals surface area contributed by atoms with Gasteiger partial charge in [-0.25, -0.2) is 4.79 Å². The summed E-state index contributed by atoms with van der Waals surface area (Å²) >= 11 is 0. The standard InChI is InChI=1S/C43H46N4O6/c1-29(32-15-8-5-9-16-32)39(48)45-43(42(51)52-3)21-23-46(24-22-43)35-18-12-17-33(25-35)30(2)40(49)47-27-34(36-19-10-11-20-38(36)47)26-37(44)41(50)53-28-31-13-6-4-7-14-31/h4-20,25,27,29-30,37H,21-24,26,28,44H2,1-3H3,(H,45,48). The lowest BCUT2D eigenvalue weighted by atomic mass is 9.85. The molecule has 10 heteroatoms. The number of methoxy groups -OCH3 is 1. The number of nitrogens with two attached hydrogens (primary N) is 1. The summed E-state index contributed by atoms with van der Waals surface area (Å²) in [5.41, 5.74) is 10.2. The first-order chi connectivity index (χ1) is 25.6. The molecule has 53 heavy (non-hydrogen) atoms. The number of aromatic nitrogens is 1. The van der Waals surface area contributed by atoms with Crippen LogP contribution >= 0.6 is 0 Å². The molecule has 3 unspecified atom stereocenters. The molecule has 1 aromatic heterocycles. The molecule has 0 saturated carbocycles. The first-order valence-electron chi connectivity index (χ1n) is 18.0. The highest BCUT2D eigenvalue weighted by Crippen LogP contribution is 2.32. The van der Waals surface area contributed by atoms with Crippen LogP contribution in [0.2, 0.25) is 0 Å². The van der Waals surface area contributed by atoms with Gasteiger partial charge in [-0.3, -0.25) is 19.0 Å². The van der Waals surface area contributed by atoms with Crippen molar-refractivity contribution < 1.29 is 28.7 Å². The zero-order chi connectivity index (χ0) is 37.5. The maximum atomic E-state index is 14.1. The molecule has 5 aromatic rings. The number of carbonyl (C=O) groups excluding carboxylic acids is 4. The Morgan fingerprint density at radius 1 is 0.811 bits per heavy atom. The van der Waals surface area contributed by atoms with Gasteiger partial charge in [-0.2, -0.15) is 0 Å². The number of esters is 2. The molecule has 0 bridgehead atoms. The molecular weight excluding hydrogens is 668 g/mol. The third-order valence-electron chi connectivity index (χ3n) is 10.4. The van der Waals surface area contributed by atoms with Crippen LogP contribution in [0, 0.1) is 0 Å². The van der Waals surface area contributed by atoms with E-state index >= 15 is 0 Å². The number of fused-ring (bicyclic) bond motifs is 1. The van der Waals surface area contributed by atoms with Gasteiger partial charge in [0, 0.05) is 36.8 Å². The smallest absolute Gasteiger partial charge is 0.331 e. The zero-order valence-electron chi connectivity index (χ0n) is 30.4. The number of piperidine rings is 1. The van der Waals surface area contributed by atoms with Crippen LogP contribution in [-0.4, -0.2) is 60.1 Å². The topological polar surface area (TPSA) is 133 Å². The van der Waals surface area contributed by atoms with E-state index < -0.39 is 35.4 Å². The summed E-state index contributed by atoms with van der Waals surface area (Å²) in [6.45, 7) is 4.85. The molecule has 0 radical (unpaired) electrons. The fraction of sp³-hybridized carbons (Fsp3) is 0.302. The average molecular weight is 715 g/mol. The highest BCUT2D eigenvalue weighted by molar-refractivity contribution is 5.97. The van der Waals surface area contributed by atoms with E-state index in [0.717, 1.165) is 38.8 Å². The van der Waals surface area contributed by atoms with Gasteiger partial charge < -0.3 is 25.4 Å². The van der Waals surface area contributed by atoms with Crippen molar-refractivity contribution in [2.24, 2.45) is 5.73 Å². The van der Waals surface area contributed by atoms with Gasteiger partial charge in [0.15, 0.2) is 0 Å². The van der Waals surface area contributed by atoms with E-state index in [1.54, 1.807) is 10.8 Å². The molecular formula is C43H46N4O6. The summed E-state index contributed by atoms with van der Waals surface area (Å²) < 4.78 is 12.3. The van der Waals surface area contributed by atoms with Crippen molar-refractivity contribution in [1.82, 2.24) is 9.88 Å². The Hall–Kier alpha value is -5.74.